The van der Waals surface area contributed by atoms with Crippen molar-refractivity contribution in [2.45, 2.75) is 0 Å². The van der Waals surface area contributed by atoms with E-state index in [-0.39, 0.29) is 16.9 Å². The van der Waals surface area contributed by atoms with Crippen molar-refractivity contribution in [1.29, 1.82) is 5.26 Å². The Morgan fingerprint density at radius 2 is 1.39 bits per heavy atom. The number of hydrogen-bond acceptors (Lipinski definition) is 3. The predicted octanol–water partition coefficient (Wildman–Crippen LogP) is 4.91. The summed E-state index contributed by atoms with van der Waals surface area (Å²) in [5.74, 6) is 6.38. The van der Waals surface area contributed by atoms with Crippen molar-refractivity contribution >= 4 is 11.4 Å². The van der Waals surface area contributed by atoms with E-state index in [1.165, 1.54) is 0 Å². The maximum Gasteiger partial charge on any atom is 0.202 e. The molecule has 0 atom stereocenters. The lowest BCUT2D eigenvalue weighted by Gasteiger charge is -2.05. The van der Waals surface area contributed by atoms with E-state index in [0.29, 0.717) is 11.1 Å². The number of hydrogen-bond donors (Lipinski definition) is 0. The van der Waals surface area contributed by atoms with Crippen molar-refractivity contribution < 1.29 is 9.53 Å². The molecule has 0 aliphatic carbocycles. The fourth-order valence-corrected chi connectivity index (χ4v) is 2.65. The first-order valence-corrected chi connectivity index (χ1v) is 8.68. The van der Waals surface area contributed by atoms with Crippen molar-refractivity contribution in [3.63, 3.8) is 0 Å². The normalized spacial score (nSPS) is 10.7. The topological polar surface area (TPSA) is 50.1 Å². The number of nitrogens with zero attached hydrogens (tertiary/aromatic N) is 1. The average molecular weight is 363 g/mol. The van der Waals surface area contributed by atoms with Gasteiger partial charge in [-0.3, -0.25) is 4.79 Å². The number of Topliss-reactive ketones (excluding diaryl/α,β-unsaturated/α-hetero) is 1. The van der Waals surface area contributed by atoms with Gasteiger partial charge in [0.1, 0.15) is 11.8 Å². The first-order chi connectivity index (χ1) is 13.7. The summed E-state index contributed by atoms with van der Waals surface area (Å²) in [4.78, 5) is 13.1. The Kier molecular flexibility index (Phi) is 6.03. The van der Waals surface area contributed by atoms with Gasteiger partial charge in [0.05, 0.1) is 18.3 Å². The molecule has 0 aliphatic heterocycles. The van der Waals surface area contributed by atoms with Crippen molar-refractivity contribution in [2.24, 2.45) is 0 Å². The van der Waals surface area contributed by atoms with Crippen LogP contribution in [0.15, 0.2) is 90.5 Å². The van der Waals surface area contributed by atoms with E-state index in [1.807, 2.05) is 36.4 Å². The highest BCUT2D eigenvalue weighted by Gasteiger charge is 2.17. The monoisotopic (exact) mass is 363 g/mol. The van der Waals surface area contributed by atoms with Crippen LogP contribution in [0.2, 0.25) is 0 Å². The van der Waals surface area contributed by atoms with Crippen LogP contribution in [0.3, 0.4) is 0 Å². The molecule has 0 saturated heterocycles. The van der Waals surface area contributed by atoms with E-state index in [2.05, 4.69) is 17.9 Å². The van der Waals surface area contributed by atoms with Crippen LogP contribution >= 0.6 is 0 Å². The molecule has 0 spiro atoms. The Hall–Kier alpha value is -4.08. The van der Waals surface area contributed by atoms with Gasteiger partial charge < -0.3 is 4.74 Å². The Bertz CT molecular complexity index is 1090. The van der Waals surface area contributed by atoms with Crippen molar-refractivity contribution in [2.75, 3.05) is 7.11 Å². The van der Waals surface area contributed by atoms with Crippen molar-refractivity contribution in [3.05, 3.63) is 107 Å². The molecule has 3 aromatic carbocycles. The minimum Gasteiger partial charge on any atom is -0.497 e. The highest BCUT2D eigenvalue weighted by molar-refractivity contribution is 6.17. The molecular weight excluding hydrogens is 346 g/mol. The van der Waals surface area contributed by atoms with Crippen LogP contribution in [0, 0.1) is 23.2 Å². The molecule has 0 radical (unpaired) electrons. The maximum absolute atomic E-state index is 13.1. The van der Waals surface area contributed by atoms with E-state index in [9.17, 15) is 10.1 Å². The van der Waals surface area contributed by atoms with Crippen molar-refractivity contribution in [3.8, 4) is 23.7 Å². The van der Waals surface area contributed by atoms with Gasteiger partial charge in [-0.05, 0) is 29.8 Å². The molecular formula is C25H17NO2. The third-order valence-electron chi connectivity index (χ3n) is 4.11. The quantitative estimate of drug-likeness (QED) is 0.286. The summed E-state index contributed by atoms with van der Waals surface area (Å²) in [6, 6.07) is 27.3. The molecule has 0 unspecified atom stereocenters. The van der Waals surface area contributed by atoms with Crippen LogP contribution in [-0.4, -0.2) is 12.9 Å². The Balaban J connectivity index is 2.12. The number of allylic oxidation sites excluding steroid dienone is 2. The number of nitriles is 1. The second-order valence-corrected chi connectivity index (χ2v) is 5.90. The number of rotatable bonds is 4. The molecule has 0 heterocycles. The lowest BCUT2D eigenvalue weighted by Crippen LogP contribution is -2.05. The molecule has 0 bridgehead atoms. The molecule has 0 fully saturated rings. The second-order valence-electron chi connectivity index (χ2n) is 5.90. The molecule has 3 nitrogen and oxygen atoms in total. The Morgan fingerprint density at radius 1 is 0.821 bits per heavy atom. The Labute approximate surface area is 164 Å². The summed E-state index contributed by atoms with van der Waals surface area (Å²) in [6.45, 7) is 0. The molecule has 3 aromatic rings. The molecule has 28 heavy (non-hydrogen) atoms. The molecule has 0 amide bonds. The lowest BCUT2D eigenvalue weighted by atomic mass is 9.94. The third kappa shape index (κ3) is 4.36. The first-order valence-electron chi connectivity index (χ1n) is 8.68. The summed E-state index contributed by atoms with van der Waals surface area (Å²) in [6.07, 6.45) is 0. The largest absolute Gasteiger partial charge is 0.497 e. The SMILES string of the molecule is COc1ccc(C#C/C(C(=O)c2ccccc2)=C(\C#N)c2ccccc2)cc1. The van der Waals surface area contributed by atoms with Crippen LogP contribution in [0.5, 0.6) is 5.75 Å². The van der Waals surface area contributed by atoms with Crippen LogP contribution in [-0.2, 0) is 0 Å². The van der Waals surface area contributed by atoms with E-state index in [1.54, 1.807) is 55.6 Å². The summed E-state index contributed by atoms with van der Waals surface area (Å²) >= 11 is 0. The third-order valence-corrected chi connectivity index (χ3v) is 4.11. The van der Waals surface area contributed by atoms with Gasteiger partial charge in [0, 0.05) is 11.1 Å². The van der Waals surface area contributed by atoms with Gasteiger partial charge in [0.2, 0.25) is 5.78 Å². The summed E-state index contributed by atoms with van der Waals surface area (Å²) in [5, 5.41) is 9.77. The average Bonchev–Trinajstić information content (AvgIpc) is 2.77. The van der Waals surface area contributed by atoms with Crippen LogP contribution in [0.4, 0.5) is 0 Å². The number of methoxy groups -OCH3 is 1. The molecule has 0 aromatic heterocycles. The van der Waals surface area contributed by atoms with Gasteiger partial charge in [-0.2, -0.15) is 5.26 Å². The van der Waals surface area contributed by atoms with Gasteiger partial charge in [-0.1, -0.05) is 72.5 Å². The van der Waals surface area contributed by atoms with E-state index < -0.39 is 0 Å². The molecule has 3 heteroatoms. The molecule has 0 saturated carbocycles. The fraction of sp³-hybridized carbons (Fsp3) is 0.0400. The first kappa shape index (κ1) is 18.7. The van der Waals surface area contributed by atoms with E-state index in [4.69, 9.17) is 4.74 Å². The van der Waals surface area contributed by atoms with Crippen LogP contribution in [0.1, 0.15) is 21.5 Å². The highest BCUT2D eigenvalue weighted by Crippen LogP contribution is 2.21. The predicted molar refractivity (Wildman–Crippen MR) is 110 cm³/mol. The molecule has 0 N–H and O–H groups in total. The summed E-state index contributed by atoms with van der Waals surface area (Å²) in [5.41, 5.74) is 2.31. The second kappa shape index (κ2) is 9.03. The fourth-order valence-electron chi connectivity index (χ4n) is 2.65. The molecule has 3 rings (SSSR count). The minimum atomic E-state index is -0.276. The number of carbonyl (C=O) groups is 1. The summed E-state index contributed by atoms with van der Waals surface area (Å²) < 4.78 is 5.15. The number of carbonyl (C=O) groups excluding carboxylic acids is 1. The number of ether oxygens (including phenoxy) is 1. The van der Waals surface area contributed by atoms with Gasteiger partial charge in [0.15, 0.2) is 0 Å². The highest BCUT2D eigenvalue weighted by atomic mass is 16.5. The zero-order chi connectivity index (χ0) is 19.8. The smallest absolute Gasteiger partial charge is 0.202 e. The van der Waals surface area contributed by atoms with Gasteiger partial charge in [-0.15, -0.1) is 0 Å². The minimum absolute atomic E-state index is 0.177. The van der Waals surface area contributed by atoms with Gasteiger partial charge in [0.25, 0.3) is 0 Å². The van der Waals surface area contributed by atoms with Gasteiger partial charge in [-0.25, -0.2) is 0 Å². The van der Waals surface area contributed by atoms with E-state index >= 15 is 0 Å². The zero-order valence-corrected chi connectivity index (χ0v) is 15.3. The van der Waals surface area contributed by atoms with Crippen LogP contribution in [0.25, 0.3) is 5.57 Å². The van der Waals surface area contributed by atoms with Crippen molar-refractivity contribution in [1.82, 2.24) is 0 Å². The van der Waals surface area contributed by atoms with Crippen LogP contribution < -0.4 is 4.74 Å². The molecule has 134 valence electrons. The number of benzene rings is 3. The number of ketones is 1. The van der Waals surface area contributed by atoms with Gasteiger partial charge >= 0.3 is 0 Å². The maximum atomic E-state index is 13.1. The Morgan fingerprint density at radius 3 is 1.93 bits per heavy atom. The summed E-state index contributed by atoms with van der Waals surface area (Å²) in [7, 11) is 1.60. The standard InChI is InChI=1S/C25H17NO2/c1-28-22-15-12-19(13-16-22)14-17-23(25(27)21-10-6-3-7-11-21)24(18-26)20-8-4-2-5-9-20/h2-13,15-16H,1H3/b24-23-. The van der Waals surface area contributed by atoms with E-state index in [0.717, 1.165) is 11.3 Å². The lowest BCUT2D eigenvalue weighted by molar-refractivity contribution is 0.104. The molecule has 0 aliphatic rings. The zero-order valence-electron chi connectivity index (χ0n) is 15.3.